The summed E-state index contributed by atoms with van der Waals surface area (Å²) < 4.78 is 1.65. The van der Waals surface area contributed by atoms with Crippen molar-refractivity contribution in [1.29, 1.82) is 0 Å². The number of carbonyl (C=O) groups is 1. The predicted octanol–water partition coefficient (Wildman–Crippen LogP) is 2.91. The van der Waals surface area contributed by atoms with Crippen LogP contribution in [0.4, 0.5) is 10.5 Å². The topological polar surface area (TPSA) is 63.1 Å². The monoisotopic (exact) mass is 299 g/mol. The Morgan fingerprint density at radius 3 is 2.55 bits per heavy atom. The lowest BCUT2D eigenvalue weighted by Crippen LogP contribution is -2.35. The van der Waals surface area contributed by atoms with Crippen molar-refractivity contribution in [3.63, 3.8) is 0 Å². The summed E-state index contributed by atoms with van der Waals surface area (Å²) in [6.45, 7) is 8.88. The summed E-state index contributed by atoms with van der Waals surface area (Å²) in [5.74, 6) is 0.665. The summed E-state index contributed by atoms with van der Waals surface area (Å²) in [5, 5.41) is 7.13. The average Bonchev–Trinajstić information content (AvgIpc) is 2.91. The highest BCUT2D eigenvalue weighted by Gasteiger charge is 2.11. The van der Waals surface area contributed by atoms with Gasteiger partial charge in [-0.1, -0.05) is 12.2 Å². The SMILES string of the molecule is C=C(C)CN(CC)C(=O)Nc1ccc(-c2ncn(C)n2)cc1. The first-order valence-corrected chi connectivity index (χ1v) is 7.16. The summed E-state index contributed by atoms with van der Waals surface area (Å²) in [6, 6.07) is 7.34. The Balaban J connectivity index is 2.04. The van der Waals surface area contributed by atoms with Gasteiger partial charge < -0.3 is 10.2 Å². The molecule has 1 aromatic heterocycles. The minimum absolute atomic E-state index is 0.130. The van der Waals surface area contributed by atoms with Gasteiger partial charge in [-0.05, 0) is 38.1 Å². The van der Waals surface area contributed by atoms with Crippen LogP contribution in [0.2, 0.25) is 0 Å². The van der Waals surface area contributed by atoms with Gasteiger partial charge in [0, 0.05) is 31.4 Å². The zero-order chi connectivity index (χ0) is 16.1. The van der Waals surface area contributed by atoms with Crippen molar-refractivity contribution in [2.45, 2.75) is 13.8 Å². The van der Waals surface area contributed by atoms with E-state index in [0.717, 1.165) is 16.8 Å². The Kier molecular flexibility index (Phi) is 4.93. The Labute approximate surface area is 130 Å². The van der Waals surface area contributed by atoms with Gasteiger partial charge in [-0.3, -0.25) is 4.68 Å². The molecule has 0 saturated carbocycles. The Morgan fingerprint density at radius 2 is 2.05 bits per heavy atom. The number of likely N-dealkylation sites (N-methyl/N-ethyl adjacent to an activating group) is 1. The van der Waals surface area contributed by atoms with Gasteiger partial charge >= 0.3 is 6.03 Å². The summed E-state index contributed by atoms with van der Waals surface area (Å²) in [4.78, 5) is 18.1. The quantitative estimate of drug-likeness (QED) is 0.863. The van der Waals surface area contributed by atoms with E-state index < -0.39 is 0 Å². The summed E-state index contributed by atoms with van der Waals surface area (Å²) >= 11 is 0. The Hall–Kier alpha value is -2.63. The fourth-order valence-corrected chi connectivity index (χ4v) is 2.03. The molecule has 0 radical (unpaired) electrons. The van der Waals surface area contributed by atoms with Crippen molar-refractivity contribution in [2.75, 3.05) is 18.4 Å². The largest absolute Gasteiger partial charge is 0.322 e. The zero-order valence-electron chi connectivity index (χ0n) is 13.2. The number of hydrogen-bond donors (Lipinski definition) is 1. The number of nitrogens with one attached hydrogen (secondary N) is 1. The minimum Gasteiger partial charge on any atom is -0.321 e. The van der Waals surface area contributed by atoms with Crippen molar-refractivity contribution in [2.24, 2.45) is 7.05 Å². The molecule has 6 nitrogen and oxygen atoms in total. The van der Waals surface area contributed by atoms with E-state index in [9.17, 15) is 4.79 Å². The molecule has 2 aromatic rings. The van der Waals surface area contributed by atoms with Gasteiger partial charge in [-0.2, -0.15) is 5.10 Å². The Morgan fingerprint density at radius 1 is 1.36 bits per heavy atom. The highest BCUT2D eigenvalue weighted by molar-refractivity contribution is 5.89. The number of anilines is 1. The molecule has 0 saturated heterocycles. The number of aryl methyl sites for hydroxylation is 1. The maximum absolute atomic E-state index is 12.2. The lowest BCUT2D eigenvalue weighted by molar-refractivity contribution is 0.218. The summed E-state index contributed by atoms with van der Waals surface area (Å²) in [5.41, 5.74) is 2.60. The van der Waals surface area contributed by atoms with E-state index in [4.69, 9.17) is 0 Å². The number of urea groups is 1. The molecule has 0 atom stereocenters. The lowest BCUT2D eigenvalue weighted by Gasteiger charge is -2.21. The predicted molar refractivity (Wildman–Crippen MR) is 87.5 cm³/mol. The zero-order valence-corrected chi connectivity index (χ0v) is 13.2. The van der Waals surface area contributed by atoms with Crippen LogP contribution in [0.25, 0.3) is 11.4 Å². The van der Waals surface area contributed by atoms with Gasteiger partial charge in [-0.25, -0.2) is 9.78 Å². The molecule has 0 fully saturated rings. The van der Waals surface area contributed by atoms with E-state index in [1.807, 2.05) is 45.2 Å². The van der Waals surface area contributed by atoms with Crippen LogP contribution in [0.15, 0.2) is 42.7 Å². The maximum Gasteiger partial charge on any atom is 0.322 e. The molecular formula is C16H21N5O. The van der Waals surface area contributed by atoms with Gasteiger partial charge in [0.05, 0.1) is 0 Å². The van der Waals surface area contributed by atoms with Crippen molar-refractivity contribution in [3.8, 4) is 11.4 Å². The number of rotatable bonds is 5. The van der Waals surface area contributed by atoms with Crippen molar-refractivity contribution < 1.29 is 4.79 Å². The minimum atomic E-state index is -0.130. The molecule has 6 heteroatoms. The van der Waals surface area contributed by atoms with Crippen LogP contribution in [0.3, 0.4) is 0 Å². The van der Waals surface area contributed by atoms with E-state index in [1.54, 1.807) is 15.9 Å². The number of hydrogen-bond acceptors (Lipinski definition) is 3. The van der Waals surface area contributed by atoms with Gasteiger partial charge in [0.2, 0.25) is 0 Å². The molecule has 0 aliphatic carbocycles. The van der Waals surface area contributed by atoms with Crippen molar-refractivity contribution >= 4 is 11.7 Å². The normalized spacial score (nSPS) is 10.3. The van der Waals surface area contributed by atoms with Crippen LogP contribution in [-0.4, -0.2) is 38.8 Å². The number of benzene rings is 1. The van der Waals surface area contributed by atoms with E-state index in [-0.39, 0.29) is 6.03 Å². The third-order valence-corrected chi connectivity index (χ3v) is 3.12. The molecule has 1 N–H and O–H groups in total. The van der Waals surface area contributed by atoms with Crippen molar-refractivity contribution in [3.05, 3.63) is 42.7 Å². The molecule has 0 aliphatic heterocycles. The average molecular weight is 299 g/mol. The van der Waals surface area contributed by atoms with Crippen LogP contribution in [0.5, 0.6) is 0 Å². The fourth-order valence-electron chi connectivity index (χ4n) is 2.03. The third kappa shape index (κ3) is 3.94. The van der Waals surface area contributed by atoms with E-state index in [2.05, 4.69) is 22.0 Å². The first-order chi connectivity index (χ1) is 10.5. The van der Waals surface area contributed by atoms with Gasteiger partial charge in [0.15, 0.2) is 5.82 Å². The molecule has 0 spiro atoms. The van der Waals surface area contributed by atoms with Gasteiger partial charge in [0.25, 0.3) is 0 Å². The maximum atomic E-state index is 12.2. The first kappa shape index (κ1) is 15.8. The smallest absolute Gasteiger partial charge is 0.321 e. The number of carbonyl (C=O) groups excluding carboxylic acids is 1. The van der Waals surface area contributed by atoms with E-state index >= 15 is 0 Å². The molecule has 0 unspecified atom stereocenters. The molecule has 1 aromatic carbocycles. The van der Waals surface area contributed by atoms with E-state index in [1.165, 1.54) is 0 Å². The summed E-state index contributed by atoms with van der Waals surface area (Å²) in [7, 11) is 1.83. The molecule has 0 aliphatic rings. The van der Waals surface area contributed by atoms with Crippen LogP contribution in [-0.2, 0) is 7.05 Å². The highest BCUT2D eigenvalue weighted by Crippen LogP contribution is 2.17. The second-order valence-corrected chi connectivity index (χ2v) is 5.22. The first-order valence-electron chi connectivity index (χ1n) is 7.16. The molecular weight excluding hydrogens is 278 g/mol. The van der Waals surface area contributed by atoms with Crippen LogP contribution < -0.4 is 5.32 Å². The van der Waals surface area contributed by atoms with Crippen LogP contribution >= 0.6 is 0 Å². The van der Waals surface area contributed by atoms with E-state index in [0.29, 0.717) is 18.9 Å². The molecule has 1 heterocycles. The summed E-state index contributed by atoms with van der Waals surface area (Å²) in [6.07, 6.45) is 1.65. The second-order valence-electron chi connectivity index (χ2n) is 5.22. The number of nitrogens with zero attached hydrogens (tertiary/aromatic N) is 4. The number of aromatic nitrogens is 3. The molecule has 2 amide bonds. The molecule has 116 valence electrons. The molecule has 2 rings (SSSR count). The lowest BCUT2D eigenvalue weighted by atomic mass is 10.2. The molecule has 22 heavy (non-hydrogen) atoms. The Bertz CT molecular complexity index is 659. The van der Waals surface area contributed by atoms with Crippen molar-refractivity contribution in [1.82, 2.24) is 19.7 Å². The highest BCUT2D eigenvalue weighted by atomic mass is 16.2. The van der Waals surface area contributed by atoms with Crippen LogP contribution in [0.1, 0.15) is 13.8 Å². The van der Waals surface area contributed by atoms with Crippen LogP contribution in [0, 0.1) is 0 Å². The van der Waals surface area contributed by atoms with Gasteiger partial charge in [-0.15, -0.1) is 0 Å². The number of amides is 2. The molecule has 0 bridgehead atoms. The standard InChI is InChI=1S/C16H21N5O/c1-5-21(10-12(2)3)16(22)18-14-8-6-13(7-9-14)15-17-11-20(4)19-15/h6-9,11H,2,5,10H2,1,3-4H3,(H,18,22). The fraction of sp³-hybridized carbons (Fsp3) is 0.312. The van der Waals surface area contributed by atoms with Gasteiger partial charge in [0.1, 0.15) is 6.33 Å². The second kappa shape index (κ2) is 6.89. The third-order valence-electron chi connectivity index (χ3n) is 3.12.